The summed E-state index contributed by atoms with van der Waals surface area (Å²) in [5, 5.41) is 13.9. The van der Waals surface area contributed by atoms with Crippen LogP contribution in [0.15, 0.2) is 39.9 Å². The summed E-state index contributed by atoms with van der Waals surface area (Å²) in [6.07, 6.45) is 3.44. The van der Waals surface area contributed by atoms with Crippen LogP contribution in [0.3, 0.4) is 0 Å². The second kappa shape index (κ2) is 10.7. The van der Waals surface area contributed by atoms with E-state index in [1.807, 2.05) is 32.0 Å². The Morgan fingerprint density at radius 3 is 2.79 bits per heavy atom. The molecule has 6 nitrogen and oxygen atoms in total. The van der Waals surface area contributed by atoms with Gasteiger partial charge >= 0.3 is 0 Å². The van der Waals surface area contributed by atoms with E-state index in [1.54, 1.807) is 19.2 Å². The normalized spacial score (nSPS) is 10.9. The zero-order valence-corrected chi connectivity index (χ0v) is 17.9. The zero-order chi connectivity index (χ0) is 20.5. The molecule has 7 heteroatoms. The van der Waals surface area contributed by atoms with Gasteiger partial charge in [0, 0.05) is 6.42 Å². The first-order chi connectivity index (χ1) is 13.4. The maximum atomic E-state index is 12.0. The number of methoxy groups -OCH3 is 1. The van der Waals surface area contributed by atoms with Crippen LogP contribution in [0.1, 0.15) is 36.5 Å². The third-order valence-corrected chi connectivity index (χ3v) is 4.76. The van der Waals surface area contributed by atoms with Crippen LogP contribution >= 0.6 is 15.9 Å². The highest BCUT2D eigenvalue weighted by atomic mass is 79.9. The van der Waals surface area contributed by atoms with E-state index in [2.05, 4.69) is 26.5 Å². The minimum Gasteiger partial charge on any atom is -0.503 e. The summed E-state index contributed by atoms with van der Waals surface area (Å²) in [7, 11) is 1.65. The van der Waals surface area contributed by atoms with E-state index in [4.69, 9.17) is 9.47 Å². The van der Waals surface area contributed by atoms with Crippen molar-refractivity contribution in [2.45, 2.75) is 33.1 Å². The van der Waals surface area contributed by atoms with Crippen LogP contribution in [0.4, 0.5) is 0 Å². The second-order valence-electron chi connectivity index (χ2n) is 6.22. The molecule has 150 valence electrons. The van der Waals surface area contributed by atoms with Crippen molar-refractivity contribution in [3.05, 3.63) is 51.5 Å². The zero-order valence-electron chi connectivity index (χ0n) is 16.3. The Morgan fingerprint density at radius 1 is 1.32 bits per heavy atom. The molecular formula is C21H25BrN2O4. The highest BCUT2D eigenvalue weighted by Gasteiger charge is 2.08. The maximum absolute atomic E-state index is 12.0. The number of halogens is 1. The topological polar surface area (TPSA) is 80.2 Å². The van der Waals surface area contributed by atoms with Crippen molar-refractivity contribution in [3.63, 3.8) is 0 Å². The van der Waals surface area contributed by atoms with E-state index >= 15 is 0 Å². The van der Waals surface area contributed by atoms with E-state index in [-0.39, 0.29) is 11.7 Å². The lowest BCUT2D eigenvalue weighted by Gasteiger charge is -2.08. The smallest absolute Gasteiger partial charge is 0.240 e. The Morgan fingerprint density at radius 2 is 2.11 bits per heavy atom. The van der Waals surface area contributed by atoms with E-state index in [0.717, 1.165) is 24.2 Å². The first-order valence-electron chi connectivity index (χ1n) is 9.05. The molecule has 0 aromatic heterocycles. The molecule has 1 amide bonds. The Hall–Kier alpha value is -2.54. The van der Waals surface area contributed by atoms with Crippen molar-refractivity contribution >= 4 is 28.1 Å². The Bertz CT molecular complexity index is 853. The quantitative estimate of drug-likeness (QED) is 0.441. The Labute approximate surface area is 173 Å². The SMILES string of the molecule is CCOc1cc(/C=N/NC(=O)CCCc2ccc(OC)cc2C)cc(Br)c1O. The molecule has 0 aliphatic rings. The van der Waals surface area contributed by atoms with Crippen molar-refractivity contribution < 1.29 is 19.4 Å². The fraction of sp³-hybridized carbons (Fsp3) is 0.333. The van der Waals surface area contributed by atoms with Gasteiger partial charge in [-0.1, -0.05) is 6.07 Å². The molecule has 28 heavy (non-hydrogen) atoms. The summed E-state index contributed by atoms with van der Waals surface area (Å²) < 4.78 is 11.1. The fourth-order valence-corrected chi connectivity index (χ4v) is 3.14. The number of nitrogens with one attached hydrogen (secondary N) is 1. The van der Waals surface area contributed by atoms with Crippen LogP contribution in [0.5, 0.6) is 17.2 Å². The number of carbonyl (C=O) groups excluding carboxylic acids is 1. The van der Waals surface area contributed by atoms with Gasteiger partial charge in [0.25, 0.3) is 0 Å². The predicted molar refractivity (Wildman–Crippen MR) is 113 cm³/mol. The number of amides is 1. The third-order valence-electron chi connectivity index (χ3n) is 4.15. The molecule has 2 aromatic carbocycles. The highest BCUT2D eigenvalue weighted by Crippen LogP contribution is 2.35. The van der Waals surface area contributed by atoms with Gasteiger partial charge in [0.2, 0.25) is 5.91 Å². The van der Waals surface area contributed by atoms with Crippen molar-refractivity contribution in [2.24, 2.45) is 5.10 Å². The van der Waals surface area contributed by atoms with Gasteiger partial charge < -0.3 is 14.6 Å². The maximum Gasteiger partial charge on any atom is 0.240 e. The number of aryl methyl sites for hydroxylation is 2. The molecule has 0 saturated carbocycles. The third kappa shape index (κ3) is 6.27. The van der Waals surface area contributed by atoms with Crippen molar-refractivity contribution in [2.75, 3.05) is 13.7 Å². The second-order valence-corrected chi connectivity index (χ2v) is 7.08. The molecule has 0 heterocycles. The van der Waals surface area contributed by atoms with Gasteiger partial charge in [-0.25, -0.2) is 5.43 Å². The number of benzene rings is 2. The number of hydrazone groups is 1. The lowest BCUT2D eigenvalue weighted by molar-refractivity contribution is -0.121. The minimum absolute atomic E-state index is 0.0388. The molecular weight excluding hydrogens is 424 g/mol. The summed E-state index contributed by atoms with van der Waals surface area (Å²) in [5.74, 6) is 1.09. The van der Waals surface area contributed by atoms with Crippen LogP contribution in [-0.2, 0) is 11.2 Å². The first-order valence-corrected chi connectivity index (χ1v) is 9.84. The number of phenols is 1. The van der Waals surface area contributed by atoms with Crippen molar-refractivity contribution in [3.8, 4) is 17.2 Å². The average Bonchev–Trinajstić information content (AvgIpc) is 2.67. The largest absolute Gasteiger partial charge is 0.503 e. The van der Waals surface area contributed by atoms with Crippen molar-refractivity contribution in [1.29, 1.82) is 0 Å². The number of nitrogens with zero attached hydrogens (tertiary/aromatic N) is 1. The van der Waals surface area contributed by atoms with E-state index < -0.39 is 0 Å². The van der Waals surface area contributed by atoms with Gasteiger partial charge in [-0.3, -0.25) is 4.79 Å². The summed E-state index contributed by atoms with van der Waals surface area (Å²) in [5.41, 5.74) is 5.58. The van der Waals surface area contributed by atoms with Gasteiger partial charge in [-0.15, -0.1) is 0 Å². The predicted octanol–water partition coefficient (Wildman–Crippen LogP) is 4.34. The number of hydrogen-bond acceptors (Lipinski definition) is 5. The van der Waals surface area contributed by atoms with Gasteiger partial charge in [0.15, 0.2) is 11.5 Å². The molecule has 0 unspecified atom stereocenters. The average molecular weight is 449 g/mol. The first kappa shape index (κ1) is 21.8. The highest BCUT2D eigenvalue weighted by molar-refractivity contribution is 9.10. The van der Waals surface area contributed by atoms with E-state index in [0.29, 0.717) is 28.8 Å². The molecule has 0 fully saturated rings. The van der Waals surface area contributed by atoms with E-state index in [9.17, 15) is 9.90 Å². The van der Waals surface area contributed by atoms with Crippen LogP contribution in [0.25, 0.3) is 0 Å². The standard InChI is InChI=1S/C21H25BrN2O4/c1-4-28-19-12-15(11-18(22)21(19)26)13-23-24-20(25)7-5-6-16-8-9-17(27-3)10-14(16)2/h8-13,26H,4-7H2,1-3H3,(H,24,25)/b23-13+. The van der Waals surface area contributed by atoms with Crippen LogP contribution in [0, 0.1) is 6.92 Å². The van der Waals surface area contributed by atoms with Crippen molar-refractivity contribution in [1.82, 2.24) is 5.43 Å². The molecule has 2 N–H and O–H groups in total. The van der Waals surface area contributed by atoms with Crippen LogP contribution in [0.2, 0.25) is 0 Å². The van der Waals surface area contributed by atoms with Gasteiger partial charge in [-0.05, 0) is 83.6 Å². The molecule has 0 aliphatic carbocycles. The summed E-state index contributed by atoms with van der Waals surface area (Å²) in [6, 6.07) is 9.31. The number of ether oxygens (including phenoxy) is 2. The molecule has 2 aromatic rings. The van der Waals surface area contributed by atoms with Crippen LogP contribution < -0.4 is 14.9 Å². The molecule has 0 aliphatic heterocycles. The Balaban J connectivity index is 1.84. The molecule has 0 spiro atoms. The monoisotopic (exact) mass is 448 g/mol. The summed E-state index contributed by atoms with van der Waals surface area (Å²) >= 11 is 3.27. The fourth-order valence-electron chi connectivity index (χ4n) is 2.68. The lowest BCUT2D eigenvalue weighted by atomic mass is 10.0. The molecule has 0 radical (unpaired) electrons. The molecule has 0 saturated heterocycles. The van der Waals surface area contributed by atoms with Gasteiger partial charge in [0.05, 0.1) is 24.4 Å². The Kier molecular flexibility index (Phi) is 8.32. The summed E-state index contributed by atoms with van der Waals surface area (Å²) in [4.78, 5) is 12.0. The number of rotatable bonds is 9. The molecule has 2 rings (SSSR count). The number of carbonyl (C=O) groups is 1. The van der Waals surface area contributed by atoms with E-state index in [1.165, 1.54) is 11.8 Å². The van der Waals surface area contributed by atoms with Gasteiger partial charge in [-0.2, -0.15) is 5.10 Å². The number of aromatic hydroxyl groups is 1. The number of phenolic OH excluding ortho intramolecular Hbond substituents is 1. The number of hydrogen-bond donors (Lipinski definition) is 2. The lowest BCUT2D eigenvalue weighted by Crippen LogP contribution is -2.17. The van der Waals surface area contributed by atoms with Crippen LogP contribution in [-0.4, -0.2) is 30.9 Å². The van der Waals surface area contributed by atoms with Gasteiger partial charge in [0.1, 0.15) is 5.75 Å². The molecule has 0 bridgehead atoms. The summed E-state index contributed by atoms with van der Waals surface area (Å²) in [6.45, 7) is 4.31. The minimum atomic E-state index is -0.148. The molecule has 0 atom stereocenters.